The molecule has 2 fully saturated rings. The van der Waals surface area contributed by atoms with E-state index in [1.165, 1.54) is 50.6 Å². The SMILES string of the molecule is COC(=O)c1cnc(N2CCC3CCCCC32)s1. The molecule has 0 N–H and O–H groups in total. The van der Waals surface area contributed by atoms with Gasteiger partial charge in [0.25, 0.3) is 0 Å². The first-order chi connectivity index (χ1) is 8.79. The van der Waals surface area contributed by atoms with Crippen LogP contribution in [0.5, 0.6) is 0 Å². The maximum atomic E-state index is 11.5. The molecule has 4 nitrogen and oxygen atoms in total. The van der Waals surface area contributed by atoms with Gasteiger partial charge >= 0.3 is 5.97 Å². The first kappa shape index (κ1) is 12.0. The van der Waals surface area contributed by atoms with Gasteiger partial charge in [0.05, 0.1) is 13.3 Å². The van der Waals surface area contributed by atoms with E-state index in [0.29, 0.717) is 10.9 Å². The van der Waals surface area contributed by atoms with E-state index in [1.807, 2.05) is 0 Å². The highest BCUT2D eigenvalue weighted by Gasteiger charge is 2.37. The summed E-state index contributed by atoms with van der Waals surface area (Å²) < 4.78 is 4.73. The van der Waals surface area contributed by atoms with Crippen molar-refractivity contribution in [2.24, 2.45) is 5.92 Å². The Morgan fingerprint density at radius 3 is 3.11 bits per heavy atom. The standard InChI is InChI=1S/C13H18N2O2S/c1-17-12(16)11-8-14-13(18-11)15-7-6-9-4-2-3-5-10(9)15/h8-10H,2-7H2,1H3. The first-order valence-corrected chi connectivity index (χ1v) is 7.42. The molecule has 0 aromatic carbocycles. The number of thiazole rings is 1. The number of nitrogens with zero attached hydrogens (tertiary/aromatic N) is 2. The molecule has 5 heteroatoms. The van der Waals surface area contributed by atoms with Gasteiger partial charge < -0.3 is 9.64 Å². The zero-order valence-corrected chi connectivity index (χ0v) is 11.4. The number of methoxy groups -OCH3 is 1. The lowest BCUT2D eigenvalue weighted by molar-refractivity contribution is 0.0606. The molecule has 98 valence electrons. The first-order valence-electron chi connectivity index (χ1n) is 6.60. The van der Waals surface area contributed by atoms with Crippen LogP contribution in [0.3, 0.4) is 0 Å². The van der Waals surface area contributed by atoms with Crippen molar-refractivity contribution in [3.8, 4) is 0 Å². The molecular formula is C13H18N2O2S. The normalized spacial score (nSPS) is 27.1. The van der Waals surface area contributed by atoms with Crippen LogP contribution in [0.15, 0.2) is 6.20 Å². The number of carbonyl (C=O) groups excluding carboxylic acids is 1. The lowest BCUT2D eigenvalue weighted by atomic mass is 9.85. The van der Waals surface area contributed by atoms with Crippen LogP contribution >= 0.6 is 11.3 Å². The maximum absolute atomic E-state index is 11.5. The number of aromatic nitrogens is 1. The highest BCUT2D eigenvalue weighted by atomic mass is 32.1. The third-order valence-corrected chi connectivity index (χ3v) is 5.15. The number of rotatable bonds is 2. The monoisotopic (exact) mass is 266 g/mol. The van der Waals surface area contributed by atoms with Crippen molar-refractivity contribution in [1.82, 2.24) is 4.98 Å². The van der Waals surface area contributed by atoms with Gasteiger partial charge in [-0.25, -0.2) is 9.78 Å². The van der Waals surface area contributed by atoms with Crippen LogP contribution in [-0.4, -0.2) is 30.6 Å². The molecule has 0 bridgehead atoms. The van der Waals surface area contributed by atoms with E-state index in [0.717, 1.165) is 17.6 Å². The molecule has 1 aliphatic carbocycles. The molecule has 0 amide bonds. The fourth-order valence-electron chi connectivity index (χ4n) is 3.24. The van der Waals surface area contributed by atoms with Crippen LogP contribution in [0, 0.1) is 5.92 Å². The van der Waals surface area contributed by atoms with Crippen molar-refractivity contribution in [3.05, 3.63) is 11.1 Å². The minimum atomic E-state index is -0.279. The summed E-state index contributed by atoms with van der Waals surface area (Å²) in [7, 11) is 1.41. The molecule has 2 unspecified atom stereocenters. The third kappa shape index (κ3) is 2.00. The van der Waals surface area contributed by atoms with Gasteiger partial charge in [-0.1, -0.05) is 24.2 Å². The molecule has 2 aliphatic rings. The summed E-state index contributed by atoms with van der Waals surface area (Å²) in [5, 5.41) is 0.991. The molecule has 1 saturated heterocycles. The molecule has 2 atom stereocenters. The molecule has 2 heterocycles. The smallest absolute Gasteiger partial charge is 0.349 e. The molecule has 3 rings (SSSR count). The van der Waals surface area contributed by atoms with Gasteiger partial charge in [0.1, 0.15) is 4.88 Å². The summed E-state index contributed by atoms with van der Waals surface area (Å²) in [4.78, 5) is 18.9. The molecule has 0 spiro atoms. The van der Waals surface area contributed by atoms with Crippen molar-refractivity contribution in [2.45, 2.75) is 38.1 Å². The molecule has 1 saturated carbocycles. The quantitative estimate of drug-likeness (QED) is 0.772. The van der Waals surface area contributed by atoms with Crippen molar-refractivity contribution >= 4 is 22.4 Å². The van der Waals surface area contributed by atoms with Crippen LogP contribution < -0.4 is 4.90 Å². The summed E-state index contributed by atoms with van der Waals surface area (Å²) in [6.07, 6.45) is 8.25. The number of hydrogen-bond acceptors (Lipinski definition) is 5. The van der Waals surface area contributed by atoms with Gasteiger partial charge in [0.15, 0.2) is 5.13 Å². The summed E-state index contributed by atoms with van der Waals surface area (Å²) in [6, 6.07) is 0.649. The fraction of sp³-hybridized carbons (Fsp3) is 0.692. The Kier molecular flexibility index (Phi) is 3.24. The molecule has 18 heavy (non-hydrogen) atoms. The van der Waals surface area contributed by atoms with Gasteiger partial charge in [0, 0.05) is 12.6 Å². The van der Waals surface area contributed by atoms with E-state index in [1.54, 1.807) is 6.20 Å². The number of hydrogen-bond donors (Lipinski definition) is 0. The van der Waals surface area contributed by atoms with Crippen LogP contribution in [0.1, 0.15) is 41.8 Å². The summed E-state index contributed by atoms with van der Waals surface area (Å²) >= 11 is 1.46. The average molecular weight is 266 g/mol. The van der Waals surface area contributed by atoms with E-state index < -0.39 is 0 Å². The Balaban J connectivity index is 1.78. The number of ether oxygens (including phenoxy) is 1. The Bertz CT molecular complexity index is 446. The van der Waals surface area contributed by atoms with Gasteiger partial charge in [-0.15, -0.1) is 0 Å². The lowest BCUT2D eigenvalue weighted by Gasteiger charge is -2.31. The molecule has 1 aromatic heterocycles. The average Bonchev–Trinajstić information content (AvgIpc) is 3.03. The maximum Gasteiger partial charge on any atom is 0.349 e. The fourth-order valence-corrected chi connectivity index (χ4v) is 4.15. The summed E-state index contributed by atoms with van der Waals surface area (Å²) in [5.41, 5.74) is 0. The van der Waals surface area contributed by atoms with Gasteiger partial charge in [-0.05, 0) is 25.2 Å². The Hall–Kier alpha value is -1.10. The van der Waals surface area contributed by atoms with E-state index in [2.05, 4.69) is 9.88 Å². The van der Waals surface area contributed by atoms with Crippen molar-refractivity contribution in [1.29, 1.82) is 0 Å². The number of anilines is 1. The Morgan fingerprint density at radius 1 is 1.44 bits per heavy atom. The predicted octanol–water partition coefficient (Wildman–Crippen LogP) is 2.70. The predicted molar refractivity (Wildman–Crippen MR) is 71.2 cm³/mol. The third-order valence-electron chi connectivity index (χ3n) is 4.14. The van der Waals surface area contributed by atoms with Crippen molar-refractivity contribution in [2.75, 3.05) is 18.6 Å². The van der Waals surface area contributed by atoms with E-state index in [9.17, 15) is 4.79 Å². The minimum absolute atomic E-state index is 0.279. The number of esters is 1. The van der Waals surface area contributed by atoms with Gasteiger partial charge in [-0.2, -0.15) is 0 Å². The lowest BCUT2D eigenvalue weighted by Crippen LogP contribution is -2.34. The summed E-state index contributed by atoms with van der Waals surface area (Å²) in [5.74, 6) is 0.558. The molecular weight excluding hydrogens is 248 g/mol. The van der Waals surface area contributed by atoms with Gasteiger partial charge in [-0.3, -0.25) is 0 Å². The van der Waals surface area contributed by atoms with Crippen LogP contribution in [0.25, 0.3) is 0 Å². The Morgan fingerprint density at radius 2 is 2.28 bits per heavy atom. The highest BCUT2D eigenvalue weighted by molar-refractivity contribution is 7.17. The zero-order chi connectivity index (χ0) is 12.5. The minimum Gasteiger partial charge on any atom is -0.465 e. The second kappa shape index (κ2) is 4.88. The number of fused-ring (bicyclic) bond motifs is 1. The van der Waals surface area contributed by atoms with Crippen LogP contribution in [0.2, 0.25) is 0 Å². The van der Waals surface area contributed by atoms with Crippen molar-refractivity contribution < 1.29 is 9.53 Å². The Labute approximate surface area is 111 Å². The molecule has 1 aromatic rings. The highest BCUT2D eigenvalue weighted by Crippen LogP contribution is 2.39. The zero-order valence-electron chi connectivity index (χ0n) is 10.6. The van der Waals surface area contributed by atoms with E-state index >= 15 is 0 Å². The summed E-state index contributed by atoms with van der Waals surface area (Å²) in [6.45, 7) is 1.09. The number of carbonyl (C=O) groups is 1. The van der Waals surface area contributed by atoms with Crippen molar-refractivity contribution in [3.63, 3.8) is 0 Å². The molecule has 0 radical (unpaired) electrons. The topological polar surface area (TPSA) is 42.4 Å². The second-order valence-electron chi connectivity index (χ2n) is 5.09. The molecule has 1 aliphatic heterocycles. The second-order valence-corrected chi connectivity index (χ2v) is 6.10. The largest absolute Gasteiger partial charge is 0.465 e. The van der Waals surface area contributed by atoms with Crippen LogP contribution in [-0.2, 0) is 4.74 Å². The van der Waals surface area contributed by atoms with E-state index in [4.69, 9.17) is 4.74 Å². The van der Waals surface area contributed by atoms with Crippen LogP contribution in [0.4, 0.5) is 5.13 Å². The van der Waals surface area contributed by atoms with Gasteiger partial charge in [0.2, 0.25) is 0 Å². The van der Waals surface area contributed by atoms with E-state index in [-0.39, 0.29) is 5.97 Å².